The molecule has 6 heteroatoms. The fourth-order valence-corrected chi connectivity index (χ4v) is 6.11. The smallest absolute Gasteiger partial charge is 0.410 e. The minimum Gasteiger partial charge on any atom is -0.448 e. The number of aliphatic hydroxyl groups is 1. The molecule has 0 radical (unpaired) electrons. The van der Waals surface area contributed by atoms with Gasteiger partial charge in [-0.2, -0.15) is 0 Å². The predicted molar refractivity (Wildman–Crippen MR) is 131 cm³/mol. The number of benzene rings is 2. The molecule has 1 fully saturated rings. The van der Waals surface area contributed by atoms with Gasteiger partial charge in [0, 0.05) is 29.8 Å². The lowest BCUT2D eigenvalue weighted by molar-refractivity contribution is 0.0686. The SMILES string of the molecule is C[C@H]1CC[C@H](c2nc(C(C)(C)O)cs2)CN1C(=O)OCC1c2ccccc2-c2ccccc21. The van der Waals surface area contributed by atoms with Gasteiger partial charge in [0.1, 0.15) is 12.2 Å². The first-order valence-corrected chi connectivity index (χ1v) is 12.5. The van der Waals surface area contributed by atoms with Crippen molar-refractivity contribution in [1.29, 1.82) is 0 Å². The number of carbonyl (C=O) groups is 1. The molecule has 1 N–H and O–H groups in total. The Balaban J connectivity index is 1.29. The van der Waals surface area contributed by atoms with Crippen molar-refractivity contribution in [2.45, 2.75) is 57.1 Å². The predicted octanol–water partition coefficient (Wildman–Crippen LogP) is 5.89. The van der Waals surface area contributed by atoms with Crippen LogP contribution in [0.2, 0.25) is 0 Å². The third-order valence-corrected chi connectivity index (χ3v) is 7.96. The van der Waals surface area contributed by atoms with Gasteiger partial charge in [0.05, 0.1) is 10.7 Å². The normalized spacial score (nSPS) is 20.4. The van der Waals surface area contributed by atoms with Crippen LogP contribution in [0.1, 0.15) is 67.3 Å². The van der Waals surface area contributed by atoms with Crippen molar-refractivity contribution in [3.05, 3.63) is 75.7 Å². The minimum atomic E-state index is -0.955. The molecule has 1 aromatic heterocycles. The maximum absolute atomic E-state index is 13.2. The summed E-state index contributed by atoms with van der Waals surface area (Å²) >= 11 is 1.57. The van der Waals surface area contributed by atoms with Crippen molar-refractivity contribution in [2.24, 2.45) is 0 Å². The molecular weight excluding hydrogens is 432 g/mol. The summed E-state index contributed by atoms with van der Waals surface area (Å²) in [5.74, 6) is 0.230. The van der Waals surface area contributed by atoms with E-state index in [-0.39, 0.29) is 24.0 Å². The van der Waals surface area contributed by atoms with Crippen LogP contribution in [-0.2, 0) is 10.3 Å². The fourth-order valence-electron chi connectivity index (χ4n) is 5.00. The first-order chi connectivity index (χ1) is 15.8. The third-order valence-electron chi connectivity index (χ3n) is 6.95. The lowest BCUT2D eigenvalue weighted by atomic mass is 9.94. The lowest BCUT2D eigenvalue weighted by Gasteiger charge is -2.36. The average Bonchev–Trinajstić information content (AvgIpc) is 3.42. The van der Waals surface area contributed by atoms with E-state index in [1.54, 1.807) is 25.2 Å². The highest BCUT2D eigenvalue weighted by molar-refractivity contribution is 7.09. The van der Waals surface area contributed by atoms with Crippen LogP contribution in [0.5, 0.6) is 0 Å². The zero-order valence-electron chi connectivity index (χ0n) is 19.3. The van der Waals surface area contributed by atoms with Gasteiger partial charge in [0.2, 0.25) is 0 Å². The number of hydrogen-bond donors (Lipinski definition) is 1. The number of fused-ring (bicyclic) bond motifs is 3. The summed E-state index contributed by atoms with van der Waals surface area (Å²) in [6.07, 6.45) is 1.63. The van der Waals surface area contributed by atoms with Gasteiger partial charge in [0.25, 0.3) is 0 Å². The molecule has 3 aromatic rings. The molecule has 1 aliphatic heterocycles. The third kappa shape index (κ3) is 4.18. The van der Waals surface area contributed by atoms with Crippen LogP contribution in [0.3, 0.4) is 0 Å². The van der Waals surface area contributed by atoms with Crippen LogP contribution in [0.4, 0.5) is 4.79 Å². The average molecular weight is 463 g/mol. The lowest BCUT2D eigenvalue weighted by Crippen LogP contribution is -2.45. The molecule has 33 heavy (non-hydrogen) atoms. The highest BCUT2D eigenvalue weighted by atomic mass is 32.1. The van der Waals surface area contributed by atoms with Gasteiger partial charge in [-0.3, -0.25) is 0 Å². The van der Waals surface area contributed by atoms with E-state index in [0.29, 0.717) is 18.8 Å². The number of thiazole rings is 1. The molecule has 2 atom stereocenters. The van der Waals surface area contributed by atoms with Gasteiger partial charge in [-0.25, -0.2) is 9.78 Å². The van der Waals surface area contributed by atoms with E-state index in [9.17, 15) is 9.90 Å². The largest absolute Gasteiger partial charge is 0.448 e. The van der Waals surface area contributed by atoms with Crippen molar-refractivity contribution in [2.75, 3.05) is 13.2 Å². The van der Waals surface area contributed by atoms with E-state index in [2.05, 4.69) is 48.3 Å². The second-order valence-corrected chi connectivity index (χ2v) is 10.6. The van der Waals surface area contributed by atoms with Crippen LogP contribution in [-0.4, -0.2) is 40.3 Å². The Morgan fingerprint density at radius 3 is 2.36 bits per heavy atom. The van der Waals surface area contributed by atoms with E-state index in [1.165, 1.54) is 22.3 Å². The monoisotopic (exact) mass is 462 g/mol. The Bertz CT molecular complexity index is 1120. The summed E-state index contributed by atoms with van der Waals surface area (Å²) in [5, 5.41) is 13.2. The molecule has 0 bridgehead atoms. The van der Waals surface area contributed by atoms with Crippen molar-refractivity contribution in [1.82, 2.24) is 9.88 Å². The molecule has 1 saturated heterocycles. The molecular formula is C27H30N2O3S. The summed E-state index contributed by atoms with van der Waals surface area (Å²) in [5.41, 5.74) is 4.63. The summed E-state index contributed by atoms with van der Waals surface area (Å²) in [6, 6.07) is 16.9. The van der Waals surface area contributed by atoms with Crippen molar-refractivity contribution >= 4 is 17.4 Å². The Morgan fingerprint density at radius 2 is 1.76 bits per heavy atom. The zero-order valence-corrected chi connectivity index (χ0v) is 20.1. The molecule has 2 heterocycles. The topological polar surface area (TPSA) is 62.7 Å². The van der Waals surface area contributed by atoms with E-state index in [0.717, 1.165) is 17.8 Å². The summed E-state index contributed by atoms with van der Waals surface area (Å²) in [6.45, 7) is 6.51. The number of amides is 1. The fraction of sp³-hybridized carbons (Fsp3) is 0.407. The number of ether oxygens (including phenoxy) is 1. The molecule has 1 amide bonds. The number of rotatable bonds is 4. The summed E-state index contributed by atoms with van der Waals surface area (Å²) < 4.78 is 5.92. The van der Waals surface area contributed by atoms with Gasteiger partial charge in [-0.15, -0.1) is 11.3 Å². The standard InChI is InChI=1S/C27H30N2O3S/c1-17-12-13-18(25-28-24(16-33-25)27(2,3)31)14-29(17)26(30)32-15-23-21-10-6-4-8-19(21)20-9-5-7-11-22(20)23/h4-11,16-18,23,31H,12-15H2,1-3H3/t17-,18-/m0/s1. The van der Waals surface area contributed by atoms with Crippen LogP contribution in [0.15, 0.2) is 53.9 Å². The van der Waals surface area contributed by atoms with E-state index < -0.39 is 5.60 Å². The van der Waals surface area contributed by atoms with Gasteiger partial charge in [-0.1, -0.05) is 48.5 Å². The first-order valence-electron chi connectivity index (χ1n) is 11.6. The highest BCUT2D eigenvalue weighted by Gasteiger charge is 2.34. The quantitative estimate of drug-likeness (QED) is 0.525. The maximum atomic E-state index is 13.2. The number of aromatic nitrogens is 1. The molecule has 2 aromatic carbocycles. The van der Waals surface area contributed by atoms with Gasteiger partial charge >= 0.3 is 6.09 Å². The molecule has 0 spiro atoms. The van der Waals surface area contributed by atoms with E-state index >= 15 is 0 Å². The van der Waals surface area contributed by atoms with Gasteiger partial charge in [-0.05, 0) is 55.9 Å². The maximum Gasteiger partial charge on any atom is 0.410 e. The van der Waals surface area contributed by atoms with Gasteiger partial charge in [0.15, 0.2) is 0 Å². The van der Waals surface area contributed by atoms with Crippen LogP contribution in [0.25, 0.3) is 11.1 Å². The Morgan fingerprint density at radius 1 is 1.12 bits per heavy atom. The van der Waals surface area contributed by atoms with Crippen LogP contribution in [0, 0.1) is 0 Å². The zero-order chi connectivity index (χ0) is 23.2. The Hall–Kier alpha value is -2.70. The second-order valence-electron chi connectivity index (χ2n) is 9.71. The molecule has 172 valence electrons. The number of likely N-dealkylation sites (tertiary alicyclic amines) is 1. The molecule has 0 saturated carbocycles. The molecule has 5 rings (SSSR count). The minimum absolute atomic E-state index is 0.0607. The first kappa shape index (κ1) is 22.1. The van der Waals surface area contributed by atoms with E-state index in [1.807, 2.05) is 22.4 Å². The number of carbonyl (C=O) groups excluding carboxylic acids is 1. The summed E-state index contributed by atoms with van der Waals surface area (Å²) in [7, 11) is 0. The molecule has 5 nitrogen and oxygen atoms in total. The Labute approximate surface area is 199 Å². The highest BCUT2D eigenvalue weighted by Crippen LogP contribution is 2.44. The van der Waals surface area contributed by atoms with Crippen molar-refractivity contribution in [3.8, 4) is 11.1 Å². The van der Waals surface area contributed by atoms with Crippen molar-refractivity contribution in [3.63, 3.8) is 0 Å². The van der Waals surface area contributed by atoms with Gasteiger partial charge < -0.3 is 14.7 Å². The Kier molecular flexibility index (Phi) is 5.75. The van der Waals surface area contributed by atoms with Crippen LogP contribution < -0.4 is 0 Å². The molecule has 1 aliphatic carbocycles. The number of piperidine rings is 1. The van der Waals surface area contributed by atoms with E-state index in [4.69, 9.17) is 4.74 Å². The second kappa shape index (κ2) is 8.58. The number of nitrogens with zero attached hydrogens (tertiary/aromatic N) is 2. The molecule has 0 unspecified atom stereocenters. The number of hydrogen-bond acceptors (Lipinski definition) is 5. The molecule has 2 aliphatic rings. The van der Waals surface area contributed by atoms with Crippen LogP contribution >= 0.6 is 11.3 Å². The summed E-state index contributed by atoms with van der Waals surface area (Å²) in [4.78, 5) is 19.7. The van der Waals surface area contributed by atoms with Crippen molar-refractivity contribution < 1.29 is 14.6 Å².